The van der Waals surface area contributed by atoms with Crippen molar-refractivity contribution in [2.75, 3.05) is 25.1 Å². The number of hydrogen-bond donors (Lipinski definition) is 1. The lowest BCUT2D eigenvalue weighted by Gasteiger charge is -2.33. The number of pyridine rings is 2. The number of methoxy groups -OCH3 is 1. The number of piperidine rings is 1. The molecule has 0 unspecified atom stereocenters. The van der Waals surface area contributed by atoms with Crippen molar-refractivity contribution in [3.63, 3.8) is 0 Å². The number of nitrogens with one attached hydrogen (secondary N) is 1. The van der Waals surface area contributed by atoms with Gasteiger partial charge in [-0.25, -0.2) is 9.97 Å². The molecule has 1 aliphatic heterocycles. The molecule has 27 heavy (non-hydrogen) atoms. The first-order valence-corrected chi connectivity index (χ1v) is 9.03. The lowest BCUT2D eigenvalue weighted by Crippen LogP contribution is -2.39. The quantitative estimate of drug-likeness (QED) is 0.757. The summed E-state index contributed by atoms with van der Waals surface area (Å²) < 4.78 is 12.8. The molecule has 1 aliphatic rings. The number of anilines is 1. The monoisotopic (exact) mass is 369 g/mol. The Labute approximate surface area is 156 Å². The van der Waals surface area contributed by atoms with Gasteiger partial charge in [-0.15, -0.1) is 0 Å². The van der Waals surface area contributed by atoms with Gasteiger partial charge in [0.05, 0.1) is 18.7 Å². The smallest absolute Gasteiger partial charge is 0.273 e. The minimum atomic E-state index is -0.102. The van der Waals surface area contributed by atoms with Crippen LogP contribution in [0.2, 0.25) is 0 Å². The van der Waals surface area contributed by atoms with E-state index in [0.717, 1.165) is 43.1 Å². The van der Waals surface area contributed by atoms with E-state index in [4.69, 9.17) is 14.5 Å². The summed E-state index contributed by atoms with van der Waals surface area (Å²) in [5, 5.41) is 3.39. The highest BCUT2D eigenvalue weighted by atomic mass is 16.5. The van der Waals surface area contributed by atoms with Crippen LogP contribution in [0.15, 0.2) is 29.2 Å². The van der Waals surface area contributed by atoms with Crippen LogP contribution in [0, 0.1) is 6.92 Å². The van der Waals surface area contributed by atoms with Gasteiger partial charge in [-0.1, -0.05) is 0 Å². The summed E-state index contributed by atoms with van der Waals surface area (Å²) in [7, 11) is 3.40. The first kappa shape index (κ1) is 17.4. The number of aromatic amines is 1. The van der Waals surface area contributed by atoms with Gasteiger partial charge in [0.15, 0.2) is 5.65 Å². The van der Waals surface area contributed by atoms with Crippen molar-refractivity contribution < 1.29 is 9.47 Å². The second kappa shape index (κ2) is 6.94. The van der Waals surface area contributed by atoms with Gasteiger partial charge < -0.3 is 14.4 Å². The minimum Gasteiger partial charge on any atom is -0.489 e. The Morgan fingerprint density at radius 3 is 2.70 bits per heavy atom. The molecule has 0 saturated carbocycles. The summed E-state index contributed by atoms with van der Waals surface area (Å²) in [6.45, 7) is 3.71. The van der Waals surface area contributed by atoms with Crippen molar-refractivity contribution in [3.8, 4) is 11.6 Å². The van der Waals surface area contributed by atoms with Gasteiger partial charge >= 0.3 is 0 Å². The minimum absolute atomic E-state index is 0.102. The summed E-state index contributed by atoms with van der Waals surface area (Å²) >= 11 is 0. The average Bonchev–Trinajstić information content (AvgIpc) is 2.95. The summed E-state index contributed by atoms with van der Waals surface area (Å²) in [5.41, 5.74) is 1.59. The third kappa shape index (κ3) is 3.34. The van der Waals surface area contributed by atoms with Gasteiger partial charge in [-0.05, 0) is 24.6 Å². The van der Waals surface area contributed by atoms with E-state index in [1.165, 1.54) is 0 Å². The third-order valence-corrected chi connectivity index (χ3v) is 4.96. The number of hydrogen-bond acceptors (Lipinski definition) is 6. The molecular formula is C19H23N5O3. The average molecular weight is 369 g/mol. The van der Waals surface area contributed by atoms with Gasteiger partial charge in [-0.3, -0.25) is 14.6 Å². The van der Waals surface area contributed by atoms with Gasteiger partial charge in [0.1, 0.15) is 17.7 Å². The molecule has 1 saturated heterocycles. The molecule has 142 valence electrons. The van der Waals surface area contributed by atoms with Crippen LogP contribution in [0.25, 0.3) is 11.0 Å². The van der Waals surface area contributed by atoms with E-state index in [-0.39, 0.29) is 11.7 Å². The fraction of sp³-hybridized carbons (Fsp3) is 0.421. The standard InChI is InChI=1S/C19H23N5O3/c1-12-10-15-18(23(2)22-19(15)25)21-17(12)24-8-6-13(7-9-24)27-14-4-5-16(26-3)20-11-14/h4-5,10-11,13H,6-9H2,1-3H3,(H,22,25). The Kier molecular flexibility index (Phi) is 4.47. The molecule has 4 rings (SSSR count). The van der Waals surface area contributed by atoms with E-state index < -0.39 is 0 Å². The van der Waals surface area contributed by atoms with Crippen molar-refractivity contribution >= 4 is 16.9 Å². The molecule has 3 aromatic rings. The van der Waals surface area contributed by atoms with E-state index in [0.29, 0.717) is 16.9 Å². The predicted molar refractivity (Wildman–Crippen MR) is 103 cm³/mol. The molecule has 0 aromatic carbocycles. The fourth-order valence-corrected chi connectivity index (χ4v) is 3.54. The number of fused-ring (bicyclic) bond motifs is 1. The Balaban J connectivity index is 1.45. The summed E-state index contributed by atoms with van der Waals surface area (Å²) in [6, 6.07) is 5.60. The van der Waals surface area contributed by atoms with Crippen molar-refractivity contribution in [1.29, 1.82) is 0 Å². The van der Waals surface area contributed by atoms with E-state index in [1.807, 2.05) is 19.1 Å². The topological polar surface area (TPSA) is 85.3 Å². The Morgan fingerprint density at radius 2 is 2.04 bits per heavy atom. The molecule has 8 heteroatoms. The second-order valence-electron chi connectivity index (χ2n) is 6.84. The van der Waals surface area contributed by atoms with Crippen LogP contribution in [0.4, 0.5) is 5.82 Å². The maximum Gasteiger partial charge on any atom is 0.273 e. The largest absolute Gasteiger partial charge is 0.489 e. The normalized spacial score (nSPS) is 15.3. The van der Waals surface area contributed by atoms with Crippen molar-refractivity contribution in [1.82, 2.24) is 19.7 Å². The Bertz CT molecular complexity index is 1000. The Hall–Kier alpha value is -3.03. The molecule has 0 amide bonds. The number of aromatic nitrogens is 4. The molecule has 4 heterocycles. The van der Waals surface area contributed by atoms with E-state index in [1.54, 1.807) is 31.1 Å². The van der Waals surface area contributed by atoms with Crippen LogP contribution in [0.3, 0.4) is 0 Å². The first-order chi connectivity index (χ1) is 13.0. The number of H-pyrrole nitrogens is 1. The van der Waals surface area contributed by atoms with Gasteiger partial charge in [-0.2, -0.15) is 0 Å². The van der Waals surface area contributed by atoms with Crippen molar-refractivity contribution in [3.05, 3.63) is 40.3 Å². The molecular weight excluding hydrogens is 346 g/mol. The third-order valence-electron chi connectivity index (χ3n) is 4.96. The number of ether oxygens (including phenoxy) is 2. The maximum absolute atomic E-state index is 11.9. The summed E-state index contributed by atoms with van der Waals surface area (Å²) in [5.74, 6) is 2.27. The summed E-state index contributed by atoms with van der Waals surface area (Å²) in [4.78, 5) is 23.1. The van der Waals surface area contributed by atoms with Crippen LogP contribution < -0.4 is 19.9 Å². The maximum atomic E-state index is 11.9. The van der Waals surface area contributed by atoms with Crippen molar-refractivity contribution in [2.45, 2.75) is 25.9 Å². The SMILES string of the molecule is COc1ccc(OC2CCN(c3nc4c(cc3C)c(=O)[nH]n4C)CC2)cn1. The summed E-state index contributed by atoms with van der Waals surface area (Å²) in [6.07, 6.45) is 3.64. The molecule has 8 nitrogen and oxygen atoms in total. The number of aryl methyl sites for hydroxylation is 2. The fourth-order valence-electron chi connectivity index (χ4n) is 3.54. The zero-order valence-corrected chi connectivity index (χ0v) is 15.7. The van der Waals surface area contributed by atoms with Gasteiger partial charge in [0.25, 0.3) is 5.56 Å². The van der Waals surface area contributed by atoms with Gasteiger partial charge in [0.2, 0.25) is 5.88 Å². The molecule has 1 fully saturated rings. The number of rotatable bonds is 4. The molecule has 1 N–H and O–H groups in total. The molecule has 0 bridgehead atoms. The number of nitrogens with zero attached hydrogens (tertiary/aromatic N) is 4. The molecule has 0 aliphatic carbocycles. The molecule has 3 aromatic heterocycles. The van der Waals surface area contributed by atoms with Crippen LogP contribution in [-0.4, -0.2) is 46.1 Å². The predicted octanol–water partition coefficient (Wildman–Crippen LogP) is 2.02. The zero-order chi connectivity index (χ0) is 19.0. The Morgan fingerprint density at radius 1 is 1.26 bits per heavy atom. The van der Waals surface area contributed by atoms with Crippen LogP contribution in [-0.2, 0) is 7.05 Å². The second-order valence-corrected chi connectivity index (χ2v) is 6.84. The van der Waals surface area contributed by atoms with Crippen LogP contribution in [0.1, 0.15) is 18.4 Å². The highest BCUT2D eigenvalue weighted by molar-refractivity contribution is 5.78. The van der Waals surface area contributed by atoms with E-state index >= 15 is 0 Å². The lowest BCUT2D eigenvalue weighted by molar-refractivity contribution is 0.170. The van der Waals surface area contributed by atoms with Crippen LogP contribution in [0.5, 0.6) is 11.6 Å². The van der Waals surface area contributed by atoms with Crippen LogP contribution >= 0.6 is 0 Å². The highest BCUT2D eigenvalue weighted by Crippen LogP contribution is 2.26. The molecule has 0 atom stereocenters. The van der Waals surface area contributed by atoms with E-state index in [2.05, 4.69) is 15.0 Å². The highest BCUT2D eigenvalue weighted by Gasteiger charge is 2.23. The molecule has 0 spiro atoms. The first-order valence-electron chi connectivity index (χ1n) is 9.03. The van der Waals surface area contributed by atoms with Crippen molar-refractivity contribution in [2.24, 2.45) is 7.05 Å². The molecule has 0 radical (unpaired) electrons. The van der Waals surface area contributed by atoms with Gasteiger partial charge in [0, 0.05) is 39.0 Å². The van der Waals surface area contributed by atoms with E-state index in [9.17, 15) is 4.79 Å². The zero-order valence-electron chi connectivity index (χ0n) is 15.7. The lowest BCUT2D eigenvalue weighted by atomic mass is 10.1.